The monoisotopic (exact) mass is 853 g/mol. The van der Waals surface area contributed by atoms with Crippen molar-refractivity contribution in [1.29, 1.82) is 0 Å². The molecule has 2 aliphatic carbocycles. The van der Waals surface area contributed by atoms with Crippen LogP contribution in [0.1, 0.15) is 55.6 Å². The summed E-state index contributed by atoms with van der Waals surface area (Å²) in [5.74, 6) is -0.646. The van der Waals surface area contributed by atoms with Gasteiger partial charge in [-0.25, -0.2) is 0 Å². The van der Waals surface area contributed by atoms with Gasteiger partial charge in [-0.05, 0) is 19.1 Å². The van der Waals surface area contributed by atoms with Crippen LogP contribution in [0.5, 0.6) is 0 Å². The third kappa shape index (κ3) is 8.44. The van der Waals surface area contributed by atoms with Crippen molar-refractivity contribution in [2.24, 2.45) is 0 Å². The largest absolute Gasteiger partial charge is 0.401 e. The molecule has 0 bridgehead atoms. The minimum absolute atomic E-state index is 0.134. The van der Waals surface area contributed by atoms with Crippen LogP contribution in [0.15, 0.2) is 139 Å². The summed E-state index contributed by atoms with van der Waals surface area (Å²) >= 11 is -0.233. The van der Waals surface area contributed by atoms with Crippen LogP contribution in [0.3, 0.4) is 0 Å². The molecule has 5 aromatic carbocycles. The average molecular weight is 853 g/mol. The molecule has 0 amide bonds. The molecular weight excluding hydrogens is 806 g/mol. The fourth-order valence-electron chi connectivity index (χ4n) is 7.98. The number of Topliss-reactive ketones (excluding diaryl/α,β-unsaturated/α-hetero) is 1. The summed E-state index contributed by atoms with van der Waals surface area (Å²) in [7, 11) is 0. The second kappa shape index (κ2) is 17.2. The van der Waals surface area contributed by atoms with E-state index < -0.39 is 16.4 Å². The Morgan fingerprint density at radius 1 is 0.707 bits per heavy atom. The molecule has 3 aliphatic rings. The van der Waals surface area contributed by atoms with Gasteiger partial charge in [0.05, 0.1) is 0 Å². The van der Waals surface area contributed by atoms with Crippen molar-refractivity contribution in [3.63, 3.8) is 0 Å². The molecule has 294 valence electrons. The molecule has 1 aliphatic heterocycles. The zero-order valence-electron chi connectivity index (χ0n) is 34.0. The topological polar surface area (TPSA) is 78.7 Å². The van der Waals surface area contributed by atoms with Gasteiger partial charge >= 0.3 is 241 Å². The van der Waals surface area contributed by atoms with Gasteiger partial charge in [0, 0.05) is 10.6 Å². The molecule has 0 unspecified atom stereocenters. The molecule has 0 atom stereocenters. The molecule has 1 N–H and O–H groups in total. The number of anilines is 3. The number of aryl methyl sites for hydroxylation is 7. The average Bonchev–Trinajstić information content (AvgIpc) is 3.76. The summed E-state index contributed by atoms with van der Waals surface area (Å²) in [6.45, 7) is 17.5. The number of nitrogens with zero attached hydrogens (tertiary/aromatic N) is 3. The maximum Gasteiger partial charge on any atom is 0.237 e. The number of nitro groups is 1. The zero-order chi connectivity index (χ0) is 41.1. The van der Waals surface area contributed by atoms with Gasteiger partial charge in [-0.15, -0.1) is 12.2 Å². The molecular formula is C50H47N4O3Ru-. The van der Waals surface area contributed by atoms with E-state index >= 15 is 0 Å². The van der Waals surface area contributed by atoms with Crippen molar-refractivity contribution in [2.45, 2.75) is 48.5 Å². The van der Waals surface area contributed by atoms with Crippen molar-refractivity contribution in [2.75, 3.05) is 28.2 Å². The second-order valence-electron chi connectivity index (χ2n) is 15.0. The van der Waals surface area contributed by atoms with E-state index in [0.717, 1.165) is 30.4 Å². The Hall–Kier alpha value is -6.11. The fourth-order valence-corrected chi connectivity index (χ4v) is 10.6. The number of nitrogens with one attached hydrogen (secondary N) is 1. The third-order valence-electron chi connectivity index (χ3n) is 10.4. The van der Waals surface area contributed by atoms with Crippen molar-refractivity contribution in [3.05, 3.63) is 211 Å². The van der Waals surface area contributed by atoms with Crippen LogP contribution in [0, 0.1) is 64.7 Å². The first-order valence-electron chi connectivity index (χ1n) is 19.4. The van der Waals surface area contributed by atoms with Crippen molar-refractivity contribution < 1.29 is 25.9 Å². The molecule has 1 heterocycles. The molecule has 0 saturated carbocycles. The van der Waals surface area contributed by atoms with Crippen LogP contribution in [0.4, 0.5) is 17.1 Å². The van der Waals surface area contributed by atoms with Gasteiger partial charge in [0.25, 0.3) is 0 Å². The van der Waals surface area contributed by atoms with Gasteiger partial charge in [0.1, 0.15) is 0 Å². The fraction of sp³-hybridized carbons (Fsp3) is 0.180. The molecule has 5 aromatic rings. The molecule has 8 rings (SSSR count). The van der Waals surface area contributed by atoms with E-state index in [9.17, 15) is 14.9 Å². The van der Waals surface area contributed by atoms with Crippen molar-refractivity contribution >= 4 is 36.9 Å². The molecule has 1 fully saturated rings. The minimum atomic E-state index is -0.695. The van der Waals surface area contributed by atoms with Crippen LogP contribution >= 0.6 is 0 Å². The standard InChI is InChI=1S/C21H26N2.C15H10.C14H11N2O3.Ru/c1-14-9-16(3)20(17(4)10-14)22-7-8-23(13-22)21-18(5)11-15(2)12-19(21)6;1-2-6-12(7-3-1)15-11-10-13-8-4-5-9-14(13)15;1-10-5-7-12(8-6-10)15-9-11-3-2-4-13(14(11)17)16(18)19;/h9-12H,7-8H2,1-6H3;1-9,11H;2,4-9,15H,1H3;/q;;-1;. The third-order valence-corrected chi connectivity index (χ3v) is 12.9. The van der Waals surface area contributed by atoms with Gasteiger partial charge in [0.2, 0.25) is 5.70 Å². The predicted molar refractivity (Wildman–Crippen MR) is 236 cm³/mol. The van der Waals surface area contributed by atoms with E-state index in [4.69, 9.17) is 0 Å². The van der Waals surface area contributed by atoms with Crippen LogP contribution in [-0.4, -0.2) is 32.3 Å². The first-order chi connectivity index (χ1) is 27.9. The SMILES string of the molecule is Cc1cc(C)c(N2CCN(c3c(C)cc(C)cc3C)[C]2=[Ru]=[C]2C=C(c3ccccc3)c3ccccc32)c(C)c1.Cc1ccc(NC=C2[C-]=CC=C([N+](=O)[O-])C2=O)cc1. The Balaban J connectivity index is 0.000000226. The summed E-state index contributed by atoms with van der Waals surface area (Å²) in [6.07, 6.45) is 9.08. The van der Waals surface area contributed by atoms with Crippen molar-refractivity contribution in [3.8, 4) is 0 Å². The summed E-state index contributed by atoms with van der Waals surface area (Å²) in [5.41, 5.74) is 17.9. The Kier molecular flexibility index (Phi) is 11.9. The Labute approximate surface area is 348 Å². The number of carbonyl (C=O) groups excluding carboxylic acids is 1. The summed E-state index contributed by atoms with van der Waals surface area (Å²) in [5, 5.41) is 13.6. The Morgan fingerprint density at radius 3 is 1.79 bits per heavy atom. The Bertz CT molecular complexity index is 2530. The number of allylic oxidation sites excluding steroid dienone is 5. The first kappa shape index (κ1) is 40.1. The number of fused-ring (bicyclic) bond motifs is 1. The van der Waals surface area contributed by atoms with E-state index in [1.165, 1.54) is 87.8 Å². The molecule has 0 radical (unpaired) electrons. The van der Waals surface area contributed by atoms with Crippen LogP contribution in [-0.2, 0) is 21.0 Å². The van der Waals surface area contributed by atoms with Gasteiger partial charge in [-0.1, -0.05) is 35.5 Å². The smallest absolute Gasteiger partial charge is 0.237 e. The van der Waals surface area contributed by atoms with Crippen LogP contribution in [0.2, 0.25) is 0 Å². The zero-order valence-corrected chi connectivity index (χ0v) is 35.7. The van der Waals surface area contributed by atoms with Gasteiger partial charge < -0.3 is 10.1 Å². The molecule has 7 nitrogen and oxygen atoms in total. The molecule has 8 heteroatoms. The van der Waals surface area contributed by atoms with E-state index in [-0.39, 0.29) is 21.8 Å². The molecule has 0 aromatic heterocycles. The van der Waals surface area contributed by atoms with E-state index in [2.05, 4.69) is 148 Å². The maximum atomic E-state index is 11.7. The number of rotatable bonds is 6. The maximum absolute atomic E-state index is 11.7. The number of benzene rings is 5. The number of hydrogen-bond acceptors (Lipinski definition) is 6. The summed E-state index contributed by atoms with van der Waals surface area (Å²) in [6, 6.07) is 36.8. The van der Waals surface area contributed by atoms with E-state index in [0.29, 0.717) is 0 Å². The minimum Gasteiger partial charge on any atom is -0.401 e. The van der Waals surface area contributed by atoms with E-state index in [1.54, 1.807) is 0 Å². The van der Waals surface area contributed by atoms with Crippen molar-refractivity contribution in [1.82, 2.24) is 0 Å². The number of ketones is 1. The van der Waals surface area contributed by atoms with Crippen LogP contribution in [0.25, 0.3) is 5.57 Å². The van der Waals surface area contributed by atoms with Gasteiger partial charge in [0.15, 0.2) is 5.78 Å². The number of carbonyl (C=O) groups is 1. The van der Waals surface area contributed by atoms with Gasteiger partial charge in [-0.2, -0.15) is 0 Å². The molecule has 1 saturated heterocycles. The second-order valence-corrected chi connectivity index (χ2v) is 17.1. The van der Waals surface area contributed by atoms with E-state index in [1.807, 2.05) is 31.2 Å². The summed E-state index contributed by atoms with van der Waals surface area (Å²) in [4.78, 5) is 27.0. The number of hydrogen-bond donors (Lipinski definition) is 1. The first-order valence-corrected chi connectivity index (χ1v) is 21.1. The predicted octanol–water partition coefficient (Wildman–Crippen LogP) is 10.1. The Morgan fingerprint density at radius 2 is 1.24 bits per heavy atom. The summed E-state index contributed by atoms with van der Waals surface area (Å²) < 4.78 is 2.94. The molecule has 0 spiro atoms. The normalized spacial score (nSPS) is 15.3. The quantitative estimate of drug-likeness (QED) is 0.0603. The van der Waals surface area contributed by atoms with Gasteiger partial charge in [-0.3, -0.25) is 10.1 Å². The molecule has 58 heavy (non-hydrogen) atoms. The van der Waals surface area contributed by atoms with Crippen LogP contribution < -0.4 is 15.1 Å².